The summed E-state index contributed by atoms with van der Waals surface area (Å²) in [5.74, 6) is -0.210. The molecule has 0 aliphatic carbocycles. The van der Waals surface area contributed by atoms with E-state index in [0.29, 0.717) is 18.8 Å². The molecule has 2 heterocycles. The highest BCUT2D eigenvalue weighted by molar-refractivity contribution is 5.92. The van der Waals surface area contributed by atoms with Crippen LogP contribution in [0.2, 0.25) is 0 Å². The molecule has 0 spiro atoms. The van der Waals surface area contributed by atoms with Crippen molar-refractivity contribution >= 4 is 11.8 Å². The second-order valence-electron chi connectivity index (χ2n) is 5.68. The molecule has 122 valence electrons. The van der Waals surface area contributed by atoms with Gasteiger partial charge in [0.1, 0.15) is 6.61 Å². The summed E-state index contributed by atoms with van der Waals surface area (Å²) in [4.78, 5) is 27.4. The smallest absolute Gasteiger partial charge is 0.276 e. The molecule has 1 aliphatic heterocycles. The summed E-state index contributed by atoms with van der Waals surface area (Å²) in [7, 11) is 3.43. The van der Waals surface area contributed by atoms with Crippen molar-refractivity contribution in [2.75, 3.05) is 26.7 Å². The van der Waals surface area contributed by atoms with E-state index >= 15 is 0 Å². The summed E-state index contributed by atoms with van der Waals surface area (Å²) in [6.07, 6.45) is 2.55. The van der Waals surface area contributed by atoms with Gasteiger partial charge >= 0.3 is 0 Å². The lowest BCUT2D eigenvalue weighted by Gasteiger charge is -2.43. The van der Waals surface area contributed by atoms with Gasteiger partial charge in [-0.15, -0.1) is 5.10 Å². The Morgan fingerprint density at radius 1 is 1.50 bits per heavy atom. The van der Waals surface area contributed by atoms with E-state index in [-0.39, 0.29) is 30.6 Å². The van der Waals surface area contributed by atoms with E-state index < -0.39 is 0 Å². The number of hydrogen-bond donors (Lipinski definition) is 0. The van der Waals surface area contributed by atoms with Crippen LogP contribution in [-0.2, 0) is 16.6 Å². The number of hydrogen-bond acceptors (Lipinski definition) is 5. The van der Waals surface area contributed by atoms with Crippen LogP contribution >= 0.6 is 0 Å². The molecule has 22 heavy (non-hydrogen) atoms. The molecular weight excluding hydrogens is 286 g/mol. The molecule has 2 amide bonds. The zero-order chi connectivity index (χ0) is 16.3. The fourth-order valence-corrected chi connectivity index (χ4v) is 2.12. The van der Waals surface area contributed by atoms with Crippen LogP contribution in [0.15, 0.2) is 6.20 Å². The van der Waals surface area contributed by atoms with Gasteiger partial charge in [0.05, 0.1) is 18.3 Å². The summed E-state index contributed by atoms with van der Waals surface area (Å²) >= 11 is 0. The van der Waals surface area contributed by atoms with Gasteiger partial charge in [-0.3, -0.25) is 14.3 Å². The zero-order valence-corrected chi connectivity index (χ0v) is 13.5. The Labute approximate surface area is 130 Å². The summed E-state index contributed by atoms with van der Waals surface area (Å²) in [6.45, 7) is 5.13. The summed E-state index contributed by atoms with van der Waals surface area (Å²) < 4.78 is 6.92. The summed E-state index contributed by atoms with van der Waals surface area (Å²) in [5.41, 5.74) is 0.315. The second-order valence-corrected chi connectivity index (χ2v) is 5.68. The number of nitrogens with zero attached hydrogens (tertiary/aromatic N) is 5. The Kier molecular flexibility index (Phi) is 5.12. The average Bonchev–Trinajstić information content (AvgIpc) is 2.88. The van der Waals surface area contributed by atoms with E-state index in [0.717, 1.165) is 6.42 Å². The van der Waals surface area contributed by atoms with E-state index in [4.69, 9.17) is 4.74 Å². The van der Waals surface area contributed by atoms with Gasteiger partial charge < -0.3 is 14.5 Å². The number of likely N-dealkylation sites (tertiary alicyclic amines) is 1. The molecule has 1 unspecified atom stereocenters. The molecule has 0 aromatic carbocycles. The van der Waals surface area contributed by atoms with Crippen LogP contribution in [0.5, 0.6) is 0 Å². The highest BCUT2D eigenvalue weighted by atomic mass is 16.5. The van der Waals surface area contributed by atoms with E-state index in [1.807, 2.05) is 13.8 Å². The molecule has 8 heteroatoms. The van der Waals surface area contributed by atoms with Crippen molar-refractivity contribution in [1.29, 1.82) is 0 Å². The Morgan fingerprint density at radius 2 is 2.18 bits per heavy atom. The first kappa shape index (κ1) is 16.4. The van der Waals surface area contributed by atoms with Crippen LogP contribution in [0.3, 0.4) is 0 Å². The number of amides is 2. The number of carbonyl (C=O) groups excluding carboxylic acids is 2. The van der Waals surface area contributed by atoms with Gasteiger partial charge in [0.2, 0.25) is 5.91 Å². The largest absolute Gasteiger partial charge is 0.369 e. The monoisotopic (exact) mass is 309 g/mol. The standard InChI is InChI=1S/C14H23N5O3/c1-5-10(2)22-9-13(20)19-6-11(7-19)18(4)14(21)12-8-17(3)16-15-12/h8,10-11H,5-7,9H2,1-4H3. The van der Waals surface area contributed by atoms with Crippen LogP contribution in [0.4, 0.5) is 0 Å². The van der Waals surface area contributed by atoms with Gasteiger partial charge in [0.25, 0.3) is 5.91 Å². The molecule has 0 saturated carbocycles. The van der Waals surface area contributed by atoms with E-state index in [9.17, 15) is 9.59 Å². The van der Waals surface area contributed by atoms with Crippen LogP contribution in [0.25, 0.3) is 0 Å². The third-order valence-electron chi connectivity index (χ3n) is 3.97. The molecule has 1 aromatic rings. The third kappa shape index (κ3) is 3.62. The van der Waals surface area contributed by atoms with Crippen molar-refractivity contribution in [3.8, 4) is 0 Å². The SMILES string of the molecule is CCC(C)OCC(=O)N1CC(N(C)C(=O)c2cn(C)nn2)C1. The van der Waals surface area contributed by atoms with E-state index in [2.05, 4.69) is 10.3 Å². The van der Waals surface area contributed by atoms with Crippen LogP contribution in [0.1, 0.15) is 30.8 Å². The quantitative estimate of drug-likeness (QED) is 0.734. The van der Waals surface area contributed by atoms with Gasteiger partial charge in [-0.1, -0.05) is 12.1 Å². The van der Waals surface area contributed by atoms with Crippen LogP contribution in [0, 0.1) is 0 Å². The fourth-order valence-electron chi connectivity index (χ4n) is 2.12. The predicted octanol–water partition coefficient (Wildman–Crippen LogP) is -0.0870. The van der Waals surface area contributed by atoms with Crippen LogP contribution in [-0.4, -0.2) is 75.5 Å². The minimum atomic E-state index is -0.180. The van der Waals surface area contributed by atoms with Gasteiger partial charge in [-0.05, 0) is 13.3 Å². The van der Waals surface area contributed by atoms with Crippen molar-refractivity contribution in [1.82, 2.24) is 24.8 Å². The number of aromatic nitrogens is 3. The topological polar surface area (TPSA) is 80.6 Å². The fraction of sp³-hybridized carbons (Fsp3) is 0.714. The Balaban J connectivity index is 1.78. The van der Waals surface area contributed by atoms with Gasteiger partial charge in [-0.25, -0.2) is 0 Å². The van der Waals surface area contributed by atoms with E-state index in [1.165, 1.54) is 4.68 Å². The van der Waals surface area contributed by atoms with Crippen molar-refractivity contribution in [2.24, 2.45) is 7.05 Å². The molecule has 0 bridgehead atoms. The molecule has 1 aromatic heterocycles. The molecule has 0 N–H and O–H groups in total. The third-order valence-corrected chi connectivity index (χ3v) is 3.97. The molecular formula is C14H23N5O3. The maximum atomic E-state index is 12.2. The average molecular weight is 309 g/mol. The first-order valence-electron chi connectivity index (χ1n) is 7.45. The highest BCUT2D eigenvalue weighted by Crippen LogP contribution is 2.16. The van der Waals surface area contributed by atoms with E-state index in [1.54, 1.807) is 30.1 Å². The minimum Gasteiger partial charge on any atom is -0.369 e. The molecule has 8 nitrogen and oxygen atoms in total. The summed E-state index contributed by atoms with van der Waals surface area (Å²) in [6, 6.07) is 0.0158. The molecule has 2 rings (SSSR count). The number of ether oxygens (including phenoxy) is 1. The maximum Gasteiger partial charge on any atom is 0.276 e. The number of carbonyl (C=O) groups is 2. The Bertz CT molecular complexity index is 538. The molecule has 1 atom stereocenters. The maximum absolute atomic E-state index is 12.2. The van der Waals surface area contributed by atoms with Crippen molar-refractivity contribution < 1.29 is 14.3 Å². The lowest BCUT2D eigenvalue weighted by molar-refractivity contribution is -0.144. The lowest BCUT2D eigenvalue weighted by Crippen LogP contribution is -2.62. The zero-order valence-electron chi connectivity index (χ0n) is 13.5. The Morgan fingerprint density at radius 3 is 2.73 bits per heavy atom. The number of likely N-dealkylation sites (N-methyl/N-ethyl adjacent to an activating group) is 1. The first-order chi connectivity index (χ1) is 10.4. The van der Waals surface area contributed by atoms with Gasteiger partial charge in [-0.2, -0.15) is 0 Å². The molecule has 1 saturated heterocycles. The van der Waals surface area contributed by atoms with Crippen molar-refractivity contribution in [3.63, 3.8) is 0 Å². The van der Waals surface area contributed by atoms with Crippen molar-refractivity contribution in [3.05, 3.63) is 11.9 Å². The number of rotatable bonds is 6. The molecule has 0 radical (unpaired) electrons. The van der Waals surface area contributed by atoms with Crippen molar-refractivity contribution in [2.45, 2.75) is 32.4 Å². The first-order valence-corrected chi connectivity index (χ1v) is 7.45. The molecule has 1 aliphatic rings. The lowest BCUT2D eigenvalue weighted by atomic mass is 10.1. The predicted molar refractivity (Wildman–Crippen MR) is 79.2 cm³/mol. The minimum absolute atomic E-state index is 0.0158. The highest BCUT2D eigenvalue weighted by Gasteiger charge is 2.36. The summed E-state index contributed by atoms with van der Waals surface area (Å²) in [5, 5.41) is 7.56. The molecule has 1 fully saturated rings. The second kappa shape index (κ2) is 6.87. The normalized spacial score (nSPS) is 16.3. The van der Waals surface area contributed by atoms with Gasteiger partial charge in [0, 0.05) is 27.2 Å². The Hall–Kier alpha value is -1.96. The van der Waals surface area contributed by atoms with Gasteiger partial charge in [0.15, 0.2) is 5.69 Å². The number of aryl methyl sites for hydroxylation is 1. The van der Waals surface area contributed by atoms with Crippen LogP contribution < -0.4 is 0 Å².